The molecule has 0 aliphatic heterocycles. The molecule has 1 N–H and O–H groups in total. The van der Waals surface area contributed by atoms with Crippen LogP contribution >= 0.6 is 22.9 Å². The molecule has 0 fully saturated rings. The summed E-state index contributed by atoms with van der Waals surface area (Å²) in [5.74, 6) is -0.334. The fraction of sp³-hybridized carbons (Fsp3) is 0.182. The van der Waals surface area contributed by atoms with Crippen molar-refractivity contribution in [3.8, 4) is 11.3 Å². The van der Waals surface area contributed by atoms with Crippen molar-refractivity contribution in [1.82, 2.24) is 10.3 Å². The molecule has 2 nitrogen and oxygen atoms in total. The molecule has 0 aliphatic carbocycles. The van der Waals surface area contributed by atoms with Gasteiger partial charge in [0.1, 0.15) is 10.8 Å². The fourth-order valence-corrected chi connectivity index (χ4v) is 2.43. The van der Waals surface area contributed by atoms with Crippen molar-refractivity contribution in [2.24, 2.45) is 0 Å². The molecule has 0 radical (unpaired) electrons. The molecule has 1 aromatic carbocycles. The van der Waals surface area contributed by atoms with Gasteiger partial charge < -0.3 is 5.32 Å². The van der Waals surface area contributed by atoms with Crippen LogP contribution in [0.2, 0.25) is 5.02 Å². The average Bonchev–Trinajstić information content (AvgIpc) is 2.67. The number of rotatable bonds is 3. The first kappa shape index (κ1) is 11.5. The monoisotopic (exact) mass is 256 g/mol. The lowest BCUT2D eigenvalue weighted by Crippen LogP contribution is -2.04. The second kappa shape index (κ2) is 4.91. The Morgan fingerprint density at radius 3 is 3.00 bits per heavy atom. The van der Waals surface area contributed by atoms with Crippen LogP contribution in [0.3, 0.4) is 0 Å². The summed E-state index contributed by atoms with van der Waals surface area (Å²) in [4.78, 5) is 4.41. The third-order valence-corrected chi connectivity index (χ3v) is 3.25. The molecule has 0 spiro atoms. The van der Waals surface area contributed by atoms with Crippen LogP contribution in [0.25, 0.3) is 11.3 Å². The maximum Gasteiger partial charge on any atom is 0.124 e. The van der Waals surface area contributed by atoms with Gasteiger partial charge in [0.2, 0.25) is 0 Å². The minimum absolute atomic E-state index is 0.334. The molecule has 0 unspecified atom stereocenters. The van der Waals surface area contributed by atoms with Crippen LogP contribution in [-0.4, -0.2) is 12.0 Å². The first-order valence-electron chi connectivity index (χ1n) is 4.75. The van der Waals surface area contributed by atoms with E-state index in [1.54, 1.807) is 17.4 Å². The van der Waals surface area contributed by atoms with Gasteiger partial charge in [-0.2, -0.15) is 0 Å². The van der Waals surface area contributed by atoms with Crippen molar-refractivity contribution in [3.63, 3.8) is 0 Å². The number of benzene rings is 1. The Hall–Kier alpha value is -0.970. The second-order valence-corrected chi connectivity index (χ2v) is 4.63. The third-order valence-electron chi connectivity index (χ3n) is 2.09. The normalized spacial score (nSPS) is 10.7. The summed E-state index contributed by atoms with van der Waals surface area (Å²) in [7, 11) is 1.87. The van der Waals surface area contributed by atoms with Gasteiger partial charge in [-0.3, -0.25) is 0 Å². The SMILES string of the molecule is CNCc1nc(-c2ccc(F)cc2Cl)cs1. The Morgan fingerprint density at radius 1 is 1.50 bits per heavy atom. The molecule has 0 amide bonds. The van der Waals surface area contributed by atoms with E-state index in [1.807, 2.05) is 12.4 Å². The number of halogens is 2. The Kier molecular flexibility index (Phi) is 3.53. The Labute approximate surface area is 102 Å². The zero-order valence-electron chi connectivity index (χ0n) is 8.63. The molecule has 5 heteroatoms. The van der Waals surface area contributed by atoms with E-state index in [2.05, 4.69) is 10.3 Å². The van der Waals surface area contributed by atoms with Crippen LogP contribution in [0, 0.1) is 5.82 Å². The maximum absolute atomic E-state index is 12.9. The maximum atomic E-state index is 12.9. The standard InChI is InChI=1S/C11H10ClFN2S/c1-14-5-11-15-10(6-16-11)8-3-2-7(13)4-9(8)12/h2-4,6,14H,5H2,1H3. The van der Waals surface area contributed by atoms with Crippen LogP contribution in [0.1, 0.15) is 5.01 Å². The van der Waals surface area contributed by atoms with Crippen molar-refractivity contribution in [3.05, 3.63) is 39.4 Å². The zero-order valence-corrected chi connectivity index (χ0v) is 10.2. The molecule has 0 atom stereocenters. The van der Waals surface area contributed by atoms with Crippen molar-refractivity contribution in [2.45, 2.75) is 6.54 Å². The van der Waals surface area contributed by atoms with Crippen LogP contribution in [0.4, 0.5) is 4.39 Å². The second-order valence-electron chi connectivity index (χ2n) is 3.28. The van der Waals surface area contributed by atoms with E-state index in [0.717, 1.165) is 22.8 Å². The smallest absolute Gasteiger partial charge is 0.124 e. The highest BCUT2D eigenvalue weighted by Gasteiger charge is 2.08. The highest BCUT2D eigenvalue weighted by Crippen LogP contribution is 2.29. The van der Waals surface area contributed by atoms with E-state index in [9.17, 15) is 4.39 Å². The number of thiazole rings is 1. The molecule has 0 saturated heterocycles. The van der Waals surface area contributed by atoms with E-state index in [-0.39, 0.29) is 5.82 Å². The molecule has 16 heavy (non-hydrogen) atoms. The molecular weight excluding hydrogens is 247 g/mol. The highest BCUT2D eigenvalue weighted by molar-refractivity contribution is 7.09. The molecular formula is C11H10ClFN2S. The van der Waals surface area contributed by atoms with Gasteiger partial charge >= 0.3 is 0 Å². The fourth-order valence-electron chi connectivity index (χ4n) is 1.36. The van der Waals surface area contributed by atoms with Gasteiger partial charge in [-0.05, 0) is 25.2 Å². The predicted octanol–water partition coefficient (Wildman–Crippen LogP) is 3.32. The summed E-state index contributed by atoms with van der Waals surface area (Å²) in [6.07, 6.45) is 0. The van der Waals surface area contributed by atoms with Crippen molar-refractivity contribution < 1.29 is 4.39 Å². The molecule has 2 aromatic rings. The summed E-state index contributed by atoms with van der Waals surface area (Å²) in [6, 6.07) is 4.34. The van der Waals surface area contributed by atoms with Gasteiger partial charge in [0, 0.05) is 17.5 Å². The first-order valence-corrected chi connectivity index (χ1v) is 6.01. The Bertz CT molecular complexity index is 498. The van der Waals surface area contributed by atoms with Crippen molar-refractivity contribution >= 4 is 22.9 Å². The summed E-state index contributed by atoms with van der Waals surface area (Å²) in [5, 5.41) is 6.32. The topological polar surface area (TPSA) is 24.9 Å². The van der Waals surface area contributed by atoms with Gasteiger partial charge in [0.25, 0.3) is 0 Å². The van der Waals surface area contributed by atoms with E-state index in [1.165, 1.54) is 12.1 Å². The van der Waals surface area contributed by atoms with Crippen LogP contribution in [0.15, 0.2) is 23.6 Å². The largest absolute Gasteiger partial charge is 0.314 e. The molecule has 84 valence electrons. The Balaban J connectivity index is 2.35. The average molecular weight is 257 g/mol. The van der Waals surface area contributed by atoms with Crippen molar-refractivity contribution in [2.75, 3.05) is 7.05 Å². The zero-order chi connectivity index (χ0) is 11.5. The molecule has 1 heterocycles. The lowest BCUT2D eigenvalue weighted by atomic mass is 10.2. The lowest BCUT2D eigenvalue weighted by molar-refractivity contribution is 0.628. The summed E-state index contributed by atoms with van der Waals surface area (Å²) in [5.41, 5.74) is 1.56. The summed E-state index contributed by atoms with van der Waals surface area (Å²) in [6.45, 7) is 0.726. The van der Waals surface area contributed by atoms with Gasteiger partial charge in [-0.1, -0.05) is 11.6 Å². The van der Waals surface area contributed by atoms with Crippen LogP contribution in [0.5, 0.6) is 0 Å². The highest BCUT2D eigenvalue weighted by atomic mass is 35.5. The molecule has 0 saturated carbocycles. The van der Waals surface area contributed by atoms with Crippen LogP contribution < -0.4 is 5.32 Å². The minimum atomic E-state index is -0.334. The number of nitrogens with zero attached hydrogens (tertiary/aromatic N) is 1. The number of hydrogen-bond donors (Lipinski definition) is 1. The quantitative estimate of drug-likeness (QED) is 0.911. The van der Waals surface area contributed by atoms with E-state index in [0.29, 0.717) is 5.02 Å². The number of nitrogens with one attached hydrogen (secondary N) is 1. The first-order chi connectivity index (χ1) is 7.70. The Morgan fingerprint density at radius 2 is 2.31 bits per heavy atom. The van der Waals surface area contributed by atoms with Gasteiger partial charge in [-0.25, -0.2) is 9.37 Å². The summed E-state index contributed by atoms with van der Waals surface area (Å²) < 4.78 is 12.9. The van der Waals surface area contributed by atoms with Crippen LogP contribution in [-0.2, 0) is 6.54 Å². The third kappa shape index (κ3) is 2.40. The molecule has 2 rings (SSSR count). The molecule has 1 aromatic heterocycles. The number of hydrogen-bond acceptors (Lipinski definition) is 3. The minimum Gasteiger partial charge on any atom is -0.314 e. The van der Waals surface area contributed by atoms with Gasteiger partial charge in [0.05, 0.1) is 10.7 Å². The van der Waals surface area contributed by atoms with E-state index in [4.69, 9.17) is 11.6 Å². The molecule has 0 bridgehead atoms. The van der Waals surface area contributed by atoms with E-state index >= 15 is 0 Å². The molecule has 0 aliphatic rings. The van der Waals surface area contributed by atoms with Gasteiger partial charge in [0.15, 0.2) is 0 Å². The van der Waals surface area contributed by atoms with Crippen molar-refractivity contribution in [1.29, 1.82) is 0 Å². The van der Waals surface area contributed by atoms with E-state index < -0.39 is 0 Å². The predicted molar refractivity (Wildman–Crippen MR) is 65.3 cm³/mol. The lowest BCUT2D eigenvalue weighted by Gasteiger charge is -2.00. The van der Waals surface area contributed by atoms with Gasteiger partial charge in [-0.15, -0.1) is 11.3 Å². The number of aromatic nitrogens is 1. The summed E-state index contributed by atoms with van der Waals surface area (Å²) >= 11 is 7.52.